The number of benzene rings is 1. The molecule has 1 aromatic rings. The maximum atomic E-state index is 12.5. The van der Waals surface area contributed by atoms with E-state index in [2.05, 4.69) is 6.92 Å². The Balaban J connectivity index is 2.07. The fourth-order valence-corrected chi connectivity index (χ4v) is 2.85. The van der Waals surface area contributed by atoms with Gasteiger partial charge in [-0.05, 0) is 30.9 Å². The number of hydrogen-bond acceptors (Lipinski definition) is 2. The van der Waals surface area contributed by atoms with Gasteiger partial charge < -0.3 is 10.6 Å². The number of hydrogen-bond donors (Lipinski definition) is 1. The molecule has 104 valence electrons. The molecule has 1 aromatic carbocycles. The molecule has 0 atom stereocenters. The van der Waals surface area contributed by atoms with Crippen LogP contribution in [-0.4, -0.2) is 17.4 Å². The molecular formula is C16H24N2O. The smallest absolute Gasteiger partial charge is 0.225 e. The SMILES string of the molecule is CCCN(Cc1ccccc1N)C(=O)C1CCCC1. The standard InChI is InChI=1S/C16H24N2O/c1-2-11-18(16(19)13-7-3-4-8-13)12-14-9-5-6-10-15(14)17/h5-6,9-10,13H,2-4,7-8,11-12,17H2,1H3. The van der Waals surface area contributed by atoms with Crippen LogP contribution in [-0.2, 0) is 11.3 Å². The van der Waals surface area contributed by atoms with Gasteiger partial charge in [-0.1, -0.05) is 38.0 Å². The van der Waals surface area contributed by atoms with Gasteiger partial charge in [-0.3, -0.25) is 4.79 Å². The van der Waals surface area contributed by atoms with Crippen LogP contribution in [0.3, 0.4) is 0 Å². The second-order valence-electron chi connectivity index (χ2n) is 5.44. The third-order valence-corrected chi connectivity index (χ3v) is 3.93. The van der Waals surface area contributed by atoms with E-state index in [-0.39, 0.29) is 5.92 Å². The van der Waals surface area contributed by atoms with Gasteiger partial charge >= 0.3 is 0 Å². The summed E-state index contributed by atoms with van der Waals surface area (Å²) in [5, 5.41) is 0. The third kappa shape index (κ3) is 3.49. The predicted molar refractivity (Wildman–Crippen MR) is 78.5 cm³/mol. The van der Waals surface area contributed by atoms with E-state index in [1.165, 1.54) is 12.8 Å². The van der Waals surface area contributed by atoms with E-state index in [1.54, 1.807) is 0 Å². The van der Waals surface area contributed by atoms with Gasteiger partial charge in [-0.25, -0.2) is 0 Å². The first-order chi connectivity index (χ1) is 9.22. The van der Waals surface area contributed by atoms with Crippen molar-refractivity contribution in [3.05, 3.63) is 29.8 Å². The Morgan fingerprint density at radius 3 is 2.63 bits per heavy atom. The number of nitrogen functional groups attached to an aromatic ring is 1. The van der Waals surface area contributed by atoms with E-state index in [1.807, 2.05) is 29.2 Å². The summed E-state index contributed by atoms with van der Waals surface area (Å²) in [6.45, 7) is 3.59. The molecule has 0 saturated heterocycles. The molecule has 0 aromatic heterocycles. The van der Waals surface area contributed by atoms with E-state index in [0.717, 1.165) is 37.1 Å². The Bertz CT molecular complexity index is 425. The zero-order chi connectivity index (χ0) is 13.7. The Hall–Kier alpha value is -1.51. The molecule has 1 aliphatic carbocycles. The molecule has 0 unspecified atom stereocenters. The van der Waals surface area contributed by atoms with Gasteiger partial charge in [-0.2, -0.15) is 0 Å². The molecule has 0 spiro atoms. The summed E-state index contributed by atoms with van der Waals surface area (Å²) in [6.07, 6.45) is 5.51. The van der Waals surface area contributed by atoms with Crippen molar-refractivity contribution in [1.29, 1.82) is 0 Å². The van der Waals surface area contributed by atoms with Crippen LogP contribution in [0.5, 0.6) is 0 Å². The second-order valence-corrected chi connectivity index (χ2v) is 5.44. The first-order valence-corrected chi connectivity index (χ1v) is 7.34. The van der Waals surface area contributed by atoms with Crippen LogP contribution in [0.2, 0.25) is 0 Å². The Morgan fingerprint density at radius 2 is 2.00 bits per heavy atom. The molecule has 1 amide bonds. The largest absolute Gasteiger partial charge is 0.398 e. The highest BCUT2D eigenvalue weighted by Gasteiger charge is 2.27. The minimum atomic E-state index is 0.247. The summed E-state index contributed by atoms with van der Waals surface area (Å²) >= 11 is 0. The number of rotatable bonds is 5. The maximum Gasteiger partial charge on any atom is 0.225 e. The number of nitrogens with two attached hydrogens (primary N) is 1. The first kappa shape index (κ1) is 13.9. The van der Waals surface area contributed by atoms with Crippen LogP contribution < -0.4 is 5.73 Å². The monoisotopic (exact) mass is 260 g/mol. The molecular weight excluding hydrogens is 236 g/mol. The lowest BCUT2D eigenvalue weighted by Gasteiger charge is -2.26. The van der Waals surface area contributed by atoms with Crippen LogP contribution in [0.4, 0.5) is 5.69 Å². The van der Waals surface area contributed by atoms with Gasteiger partial charge in [0.1, 0.15) is 0 Å². The van der Waals surface area contributed by atoms with E-state index in [9.17, 15) is 4.79 Å². The molecule has 0 heterocycles. The van der Waals surface area contributed by atoms with Crippen molar-refractivity contribution in [1.82, 2.24) is 4.90 Å². The van der Waals surface area contributed by atoms with Crippen molar-refractivity contribution in [2.75, 3.05) is 12.3 Å². The fourth-order valence-electron chi connectivity index (χ4n) is 2.85. The average Bonchev–Trinajstić information content (AvgIpc) is 2.94. The van der Waals surface area contributed by atoms with Crippen LogP contribution >= 0.6 is 0 Å². The summed E-state index contributed by atoms with van der Waals surface area (Å²) in [6, 6.07) is 7.83. The van der Waals surface area contributed by atoms with Gasteiger partial charge in [0.05, 0.1) is 0 Å². The molecule has 19 heavy (non-hydrogen) atoms. The summed E-state index contributed by atoms with van der Waals surface area (Å²) in [5.41, 5.74) is 7.82. The minimum absolute atomic E-state index is 0.247. The van der Waals surface area contributed by atoms with Gasteiger partial charge in [0.2, 0.25) is 5.91 Å². The maximum absolute atomic E-state index is 12.5. The lowest BCUT2D eigenvalue weighted by atomic mass is 10.1. The fraction of sp³-hybridized carbons (Fsp3) is 0.562. The molecule has 0 radical (unpaired) electrons. The van der Waals surface area contributed by atoms with Crippen molar-refractivity contribution in [3.8, 4) is 0 Å². The molecule has 2 N–H and O–H groups in total. The minimum Gasteiger partial charge on any atom is -0.398 e. The van der Waals surface area contributed by atoms with Crippen LogP contribution in [0.15, 0.2) is 24.3 Å². The van der Waals surface area contributed by atoms with Gasteiger partial charge in [0.25, 0.3) is 0 Å². The Morgan fingerprint density at radius 1 is 1.32 bits per heavy atom. The molecule has 1 fully saturated rings. The molecule has 1 aliphatic rings. The topological polar surface area (TPSA) is 46.3 Å². The van der Waals surface area contributed by atoms with Crippen LogP contribution in [0, 0.1) is 5.92 Å². The second kappa shape index (κ2) is 6.60. The highest BCUT2D eigenvalue weighted by Crippen LogP contribution is 2.27. The highest BCUT2D eigenvalue weighted by atomic mass is 16.2. The van der Waals surface area contributed by atoms with Crippen LogP contribution in [0.1, 0.15) is 44.6 Å². The van der Waals surface area contributed by atoms with Crippen molar-refractivity contribution in [2.45, 2.75) is 45.6 Å². The molecule has 3 nitrogen and oxygen atoms in total. The third-order valence-electron chi connectivity index (χ3n) is 3.93. The van der Waals surface area contributed by atoms with Gasteiger partial charge in [-0.15, -0.1) is 0 Å². The van der Waals surface area contributed by atoms with E-state index < -0.39 is 0 Å². The van der Waals surface area contributed by atoms with Crippen LogP contribution in [0.25, 0.3) is 0 Å². The highest BCUT2D eigenvalue weighted by molar-refractivity contribution is 5.79. The molecule has 1 saturated carbocycles. The average molecular weight is 260 g/mol. The number of para-hydroxylation sites is 1. The number of amides is 1. The number of anilines is 1. The van der Waals surface area contributed by atoms with E-state index in [0.29, 0.717) is 12.5 Å². The van der Waals surface area contributed by atoms with Crippen molar-refractivity contribution >= 4 is 11.6 Å². The van der Waals surface area contributed by atoms with Crippen molar-refractivity contribution in [3.63, 3.8) is 0 Å². The Kier molecular flexibility index (Phi) is 4.83. The summed E-state index contributed by atoms with van der Waals surface area (Å²) < 4.78 is 0. The summed E-state index contributed by atoms with van der Waals surface area (Å²) in [7, 11) is 0. The zero-order valence-electron chi connectivity index (χ0n) is 11.8. The van der Waals surface area contributed by atoms with Gasteiger partial charge in [0, 0.05) is 24.7 Å². The number of nitrogens with zero attached hydrogens (tertiary/aromatic N) is 1. The number of carbonyl (C=O) groups is 1. The predicted octanol–water partition coefficient (Wildman–Crippen LogP) is 3.20. The molecule has 2 rings (SSSR count). The normalized spacial score (nSPS) is 15.6. The summed E-state index contributed by atoms with van der Waals surface area (Å²) in [5.74, 6) is 0.569. The Labute approximate surface area is 115 Å². The molecule has 3 heteroatoms. The lowest BCUT2D eigenvalue weighted by Crippen LogP contribution is -2.35. The lowest BCUT2D eigenvalue weighted by molar-refractivity contribution is -0.136. The van der Waals surface area contributed by atoms with Crippen molar-refractivity contribution < 1.29 is 4.79 Å². The van der Waals surface area contributed by atoms with Gasteiger partial charge in [0.15, 0.2) is 0 Å². The van der Waals surface area contributed by atoms with E-state index in [4.69, 9.17) is 5.73 Å². The van der Waals surface area contributed by atoms with E-state index >= 15 is 0 Å². The van der Waals surface area contributed by atoms with Crippen molar-refractivity contribution in [2.24, 2.45) is 5.92 Å². The molecule has 0 bridgehead atoms. The molecule has 0 aliphatic heterocycles. The first-order valence-electron chi connectivity index (χ1n) is 7.34. The number of carbonyl (C=O) groups excluding carboxylic acids is 1. The zero-order valence-corrected chi connectivity index (χ0v) is 11.8. The summed E-state index contributed by atoms with van der Waals surface area (Å²) in [4.78, 5) is 14.5. The quantitative estimate of drug-likeness (QED) is 0.826.